The zero-order chi connectivity index (χ0) is 19.2. The predicted octanol–water partition coefficient (Wildman–Crippen LogP) is 2.55. The molecule has 2 fully saturated rings. The van der Waals surface area contributed by atoms with E-state index in [4.69, 9.17) is 14.2 Å². The molecule has 0 amide bonds. The molecule has 3 heterocycles. The van der Waals surface area contributed by atoms with Gasteiger partial charge in [-0.25, -0.2) is 9.59 Å². The van der Waals surface area contributed by atoms with E-state index in [1.807, 2.05) is 0 Å². The first-order valence-electron chi connectivity index (χ1n) is 8.53. The molecule has 4 atom stereocenters. The lowest BCUT2D eigenvalue weighted by Crippen LogP contribution is -2.43. The summed E-state index contributed by atoms with van der Waals surface area (Å²) < 4.78 is 17.0. The van der Waals surface area contributed by atoms with Gasteiger partial charge in [-0.15, -0.1) is 0 Å². The van der Waals surface area contributed by atoms with Crippen molar-refractivity contribution in [1.29, 1.82) is 0 Å². The Morgan fingerprint density at radius 1 is 1.38 bits per heavy atom. The summed E-state index contributed by atoms with van der Waals surface area (Å²) in [6.45, 7) is 12.8. The summed E-state index contributed by atoms with van der Waals surface area (Å²) in [5.41, 5.74) is 0.0514. The summed E-state index contributed by atoms with van der Waals surface area (Å²) >= 11 is 0. The number of ketones is 1. The third kappa shape index (κ3) is 2.89. The molecule has 0 spiro atoms. The fourth-order valence-electron chi connectivity index (χ4n) is 3.51. The Bertz CT molecular complexity index is 786. The first kappa shape index (κ1) is 18.2. The first-order valence-corrected chi connectivity index (χ1v) is 8.53. The molecule has 0 radical (unpaired) electrons. The fraction of sp³-hybridized carbons (Fsp3) is 0.450. The highest BCUT2D eigenvalue weighted by Crippen LogP contribution is 2.44. The van der Waals surface area contributed by atoms with Crippen LogP contribution in [-0.4, -0.2) is 35.5 Å². The number of rotatable bonds is 2. The standard InChI is InChI=1S/C20H22O6/c1-6-10(2)18(22)25-15-9-20(5)16(21)8-13(26-20)11(3)7-14-17(15)12(4)19(23)24-14/h6,8,14-15,17H,3-4,7,9H2,1-2,5H3/b10-6-/t14-,15+,17+,20+/m0/s1. The monoisotopic (exact) mass is 358 g/mol. The zero-order valence-electron chi connectivity index (χ0n) is 15.2. The molecule has 138 valence electrons. The van der Waals surface area contributed by atoms with E-state index in [1.54, 1.807) is 26.8 Å². The molecular weight excluding hydrogens is 336 g/mol. The Balaban J connectivity index is 2.02. The summed E-state index contributed by atoms with van der Waals surface area (Å²) in [4.78, 5) is 36.9. The van der Waals surface area contributed by atoms with Crippen LogP contribution in [0.1, 0.15) is 33.6 Å². The van der Waals surface area contributed by atoms with E-state index in [1.165, 1.54) is 6.08 Å². The van der Waals surface area contributed by atoms with Gasteiger partial charge in [-0.3, -0.25) is 4.79 Å². The third-order valence-electron chi connectivity index (χ3n) is 5.24. The van der Waals surface area contributed by atoms with E-state index in [-0.39, 0.29) is 24.2 Å². The highest BCUT2D eigenvalue weighted by atomic mass is 16.6. The number of fused-ring (bicyclic) bond motifs is 3. The molecule has 6 nitrogen and oxygen atoms in total. The minimum atomic E-state index is -1.19. The Hall–Kier alpha value is -2.63. The van der Waals surface area contributed by atoms with E-state index in [9.17, 15) is 14.4 Å². The maximum absolute atomic E-state index is 12.5. The number of hydrogen-bond donors (Lipinski definition) is 0. The van der Waals surface area contributed by atoms with E-state index in [2.05, 4.69) is 13.2 Å². The van der Waals surface area contributed by atoms with Crippen molar-refractivity contribution >= 4 is 17.7 Å². The van der Waals surface area contributed by atoms with Crippen molar-refractivity contribution in [2.75, 3.05) is 0 Å². The molecule has 3 rings (SSSR count). The Morgan fingerprint density at radius 2 is 2.08 bits per heavy atom. The molecule has 0 unspecified atom stereocenters. The summed E-state index contributed by atoms with van der Waals surface area (Å²) in [6.07, 6.45) is 2.08. The molecular formula is C20H22O6. The second-order valence-corrected chi connectivity index (χ2v) is 7.13. The topological polar surface area (TPSA) is 78.9 Å². The molecule has 0 aromatic heterocycles. The van der Waals surface area contributed by atoms with Crippen LogP contribution in [0.4, 0.5) is 0 Å². The highest BCUT2D eigenvalue weighted by molar-refractivity contribution is 6.00. The van der Waals surface area contributed by atoms with Crippen LogP contribution < -0.4 is 0 Å². The van der Waals surface area contributed by atoms with Gasteiger partial charge in [0.1, 0.15) is 18.0 Å². The molecule has 0 saturated carbocycles. The van der Waals surface area contributed by atoms with Gasteiger partial charge in [0.2, 0.25) is 5.78 Å². The van der Waals surface area contributed by atoms with Crippen LogP contribution >= 0.6 is 0 Å². The summed E-state index contributed by atoms with van der Waals surface area (Å²) in [5.74, 6) is -1.41. The van der Waals surface area contributed by atoms with Crippen LogP contribution in [0, 0.1) is 5.92 Å². The van der Waals surface area contributed by atoms with Crippen LogP contribution in [0.5, 0.6) is 0 Å². The van der Waals surface area contributed by atoms with Crippen molar-refractivity contribution in [3.8, 4) is 0 Å². The number of ether oxygens (including phenoxy) is 3. The molecule has 3 aliphatic heterocycles. The molecule has 2 saturated heterocycles. The smallest absolute Gasteiger partial charge is 0.334 e. The molecule has 0 aromatic rings. The van der Waals surface area contributed by atoms with Crippen molar-refractivity contribution in [2.24, 2.45) is 5.92 Å². The largest absolute Gasteiger partial charge is 0.479 e. The third-order valence-corrected chi connectivity index (χ3v) is 5.24. The molecule has 26 heavy (non-hydrogen) atoms. The van der Waals surface area contributed by atoms with E-state index in [0.717, 1.165) is 0 Å². The maximum Gasteiger partial charge on any atom is 0.334 e. The normalized spacial score (nSPS) is 34.2. The van der Waals surface area contributed by atoms with Crippen LogP contribution in [-0.2, 0) is 28.6 Å². The molecule has 0 aromatic carbocycles. The molecule has 6 heteroatoms. The highest BCUT2D eigenvalue weighted by Gasteiger charge is 2.52. The Kier molecular flexibility index (Phi) is 4.38. The van der Waals surface area contributed by atoms with E-state index < -0.39 is 35.7 Å². The SMILES string of the molecule is C=C1C[C@@H]2OC(=O)C(=C)[C@H]2[C@H](OC(=O)/C(C)=C\C)C[C@@]2(C)OC1=CC2=O. The van der Waals surface area contributed by atoms with E-state index >= 15 is 0 Å². The molecule has 0 aliphatic carbocycles. The van der Waals surface area contributed by atoms with Gasteiger partial charge >= 0.3 is 11.9 Å². The average molecular weight is 358 g/mol. The van der Waals surface area contributed by atoms with Gasteiger partial charge in [0, 0.05) is 30.1 Å². The zero-order valence-corrected chi connectivity index (χ0v) is 15.2. The molecule has 2 bridgehead atoms. The van der Waals surface area contributed by atoms with E-state index in [0.29, 0.717) is 16.9 Å². The second-order valence-electron chi connectivity index (χ2n) is 7.13. The quantitative estimate of drug-likeness (QED) is 0.558. The van der Waals surface area contributed by atoms with Crippen molar-refractivity contribution in [1.82, 2.24) is 0 Å². The minimum absolute atomic E-state index is 0.0959. The molecule has 0 N–H and O–H groups in total. The number of carbonyl (C=O) groups excluding carboxylic acids is 3. The Labute approximate surface area is 152 Å². The van der Waals surface area contributed by atoms with Gasteiger partial charge < -0.3 is 14.2 Å². The minimum Gasteiger partial charge on any atom is -0.479 e. The van der Waals surface area contributed by atoms with Gasteiger partial charge in [-0.05, 0) is 26.3 Å². The summed E-state index contributed by atoms with van der Waals surface area (Å²) in [7, 11) is 0. The Morgan fingerprint density at radius 3 is 2.73 bits per heavy atom. The lowest BCUT2D eigenvalue weighted by Gasteiger charge is -2.31. The number of allylic oxidation sites excluding steroid dienone is 2. The fourth-order valence-corrected chi connectivity index (χ4v) is 3.51. The van der Waals surface area contributed by atoms with Crippen molar-refractivity contribution in [2.45, 2.75) is 51.4 Å². The number of esters is 2. The second kappa shape index (κ2) is 6.27. The first-order chi connectivity index (χ1) is 12.2. The summed E-state index contributed by atoms with van der Waals surface area (Å²) in [5, 5.41) is 0. The van der Waals surface area contributed by atoms with Crippen LogP contribution in [0.25, 0.3) is 0 Å². The van der Waals surface area contributed by atoms with Gasteiger partial charge in [0.25, 0.3) is 0 Å². The summed E-state index contributed by atoms with van der Waals surface area (Å²) in [6, 6.07) is 0. The van der Waals surface area contributed by atoms with Crippen LogP contribution in [0.15, 0.2) is 47.8 Å². The molecule has 3 aliphatic rings. The maximum atomic E-state index is 12.5. The van der Waals surface area contributed by atoms with Crippen LogP contribution in [0.3, 0.4) is 0 Å². The van der Waals surface area contributed by atoms with Crippen molar-refractivity contribution < 1.29 is 28.6 Å². The lowest BCUT2D eigenvalue weighted by molar-refractivity contribution is -0.153. The lowest BCUT2D eigenvalue weighted by atomic mass is 9.81. The van der Waals surface area contributed by atoms with Crippen molar-refractivity contribution in [3.05, 3.63) is 47.8 Å². The van der Waals surface area contributed by atoms with Crippen LogP contribution in [0.2, 0.25) is 0 Å². The number of carbonyl (C=O) groups is 3. The van der Waals surface area contributed by atoms with Crippen molar-refractivity contribution in [3.63, 3.8) is 0 Å². The van der Waals surface area contributed by atoms with Gasteiger partial charge in [-0.1, -0.05) is 19.2 Å². The number of hydrogen-bond acceptors (Lipinski definition) is 6. The van der Waals surface area contributed by atoms with Gasteiger partial charge in [-0.2, -0.15) is 0 Å². The predicted molar refractivity (Wildman–Crippen MR) is 92.8 cm³/mol. The average Bonchev–Trinajstić information content (AvgIpc) is 3.03. The van der Waals surface area contributed by atoms with Gasteiger partial charge in [0.15, 0.2) is 5.60 Å². The van der Waals surface area contributed by atoms with Gasteiger partial charge in [0.05, 0.1) is 5.92 Å².